The van der Waals surface area contributed by atoms with Crippen LogP contribution in [0, 0.1) is 0 Å². The Morgan fingerprint density at radius 1 is 1.50 bits per heavy atom. The lowest BCUT2D eigenvalue weighted by molar-refractivity contribution is -0.000634. The molecule has 0 radical (unpaired) electrons. The average molecular weight is 288 g/mol. The predicted molar refractivity (Wildman–Crippen MR) is 68.4 cm³/mol. The van der Waals surface area contributed by atoms with Crippen molar-refractivity contribution >= 4 is 11.8 Å². The summed E-state index contributed by atoms with van der Waals surface area (Å²) in [4.78, 5) is 13.2. The standard InChI is InChI=1S/C12H18F2N4O2/c1-12(2,3)20-11(19)17-4-7(5-17)18-6-8(15)9(16-18)10(13)14/h6-7,10H,4-5,15H2,1-3H3. The fraction of sp³-hybridized carbons (Fsp3) is 0.667. The number of amides is 1. The number of alkyl halides is 2. The molecule has 20 heavy (non-hydrogen) atoms. The number of nitrogens with zero attached hydrogens (tertiary/aromatic N) is 3. The molecule has 1 aromatic heterocycles. The summed E-state index contributed by atoms with van der Waals surface area (Å²) in [6.07, 6.45) is -1.74. The van der Waals surface area contributed by atoms with E-state index in [0.29, 0.717) is 13.1 Å². The molecule has 1 aliphatic rings. The second-order valence-corrected chi connectivity index (χ2v) is 5.79. The fourth-order valence-electron chi connectivity index (χ4n) is 1.87. The highest BCUT2D eigenvalue weighted by Gasteiger charge is 2.35. The van der Waals surface area contributed by atoms with Crippen molar-refractivity contribution in [2.75, 3.05) is 18.8 Å². The molecular weight excluding hydrogens is 270 g/mol. The third kappa shape index (κ3) is 3.00. The minimum Gasteiger partial charge on any atom is -0.444 e. The van der Waals surface area contributed by atoms with E-state index in [1.54, 1.807) is 20.8 Å². The molecule has 2 heterocycles. The number of carbonyl (C=O) groups excluding carboxylic acids is 1. The number of hydrogen-bond acceptors (Lipinski definition) is 4. The zero-order valence-corrected chi connectivity index (χ0v) is 11.6. The van der Waals surface area contributed by atoms with Crippen molar-refractivity contribution in [1.29, 1.82) is 0 Å². The number of nitrogen functional groups attached to an aromatic ring is 1. The minimum absolute atomic E-state index is 0.0317. The van der Waals surface area contributed by atoms with Gasteiger partial charge in [-0.05, 0) is 20.8 Å². The van der Waals surface area contributed by atoms with Gasteiger partial charge < -0.3 is 15.4 Å². The molecule has 1 amide bonds. The summed E-state index contributed by atoms with van der Waals surface area (Å²) in [5, 5.41) is 3.76. The van der Waals surface area contributed by atoms with Crippen LogP contribution in [0.4, 0.5) is 19.3 Å². The van der Waals surface area contributed by atoms with Gasteiger partial charge in [0.15, 0.2) is 5.69 Å². The van der Waals surface area contributed by atoms with E-state index in [9.17, 15) is 13.6 Å². The van der Waals surface area contributed by atoms with Crippen molar-refractivity contribution < 1.29 is 18.3 Å². The zero-order valence-electron chi connectivity index (χ0n) is 11.6. The summed E-state index contributed by atoms with van der Waals surface area (Å²) in [7, 11) is 0. The number of likely N-dealkylation sites (tertiary alicyclic amines) is 1. The van der Waals surface area contributed by atoms with Crippen LogP contribution in [0.25, 0.3) is 0 Å². The summed E-state index contributed by atoms with van der Waals surface area (Å²) in [5.41, 5.74) is 4.47. The number of hydrogen-bond donors (Lipinski definition) is 1. The number of ether oxygens (including phenoxy) is 1. The summed E-state index contributed by atoms with van der Waals surface area (Å²) in [6, 6.07) is -0.141. The van der Waals surface area contributed by atoms with Gasteiger partial charge in [-0.15, -0.1) is 0 Å². The lowest BCUT2D eigenvalue weighted by atomic mass is 10.1. The maximum absolute atomic E-state index is 12.6. The third-order valence-electron chi connectivity index (χ3n) is 2.89. The van der Waals surface area contributed by atoms with Crippen molar-refractivity contribution in [2.24, 2.45) is 0 Å². The molecule has 0 bridgehead atoms. The van der Waals surface area contributed by atoms with E-state index in [0.717, 1.165) is 0 Å². The van der Waals surface area contributed by atoms with Gasteiger partial charge >= 0.3 is 6.09 Å². The first-order chi connectivity index (χ1) is 9.17. The monoisotopic (exact) mass is 288 g/mol. The fourth-order valence-corrected chi connectivity index (χ4v) is 1.87. The van der Waals surface area contributed by atoms with Gasteiger partial charge in [-0.25, -0.2) is 13.6 Å². The number of aromatic nitrogens is 2. The first-order valence-corrected chi connectivity index (χ1v) is 6.28. The van der Waals surface area contributed by atoms with Crippen LogP contribution in [-0.2, 0) is 4.74 Å². The molecule has 0 aliphatic carbocycles. The third-order valence-corrected chi connectivity index (χ3v) is 2.89. The molecule has 1 saturated heterocycles. The van der Waals surface area contributed by atoms with E-state index in [4.69, 9.17) is 10.5 Å². The quantitative estimate of drug-likeness (QED) is 0.905. The molecule has 0 unspecified atom stereocenters. The minimum atomic E-state index is -2.70. The summed E-state index contributed by atoms with van der Waals surface area (Å²) >= 11 is 0. The molecule has 1 fully saturated rings. The zero-order chi connectivity index (χ0) is 15.1. The highest BCUT2D eigenvalue weighted by Crippen LogP contribution is 2.28. The predicted octanol–water partition coefficient (Wildman–Crippen LogP) is 2.19. The normalized spacial score (nSPS) is 16.4. The Morgan fingerprint density at radius 3 is 2.55 bits per heavy atom. The topological polar surface area (TPSA) is 73.4 Å². The van der Waals surface area contributed by atoms with Gasteiger partial charge in [0, 0.05) is 19.3 Å². The Kier molecular flexibility index (Phi) is 3.58. The van der Waals surface area contributed by atoms with Gasteiger partial charge in [0.25, 0.3) is 6.43 Å². The van der Waals surface area contributed by atoms with Crippen molar-refractivity contribution in [1.82, 2.24) is 14.7 Å². The first kappa shape index (κ1) is 14.5. The lowest BCUT2D eigenvalue weighted by Gasteiger charge is -2.39. The molecule has 1 aliphatic heterocycles. The van der Waals surface area contributed by atoms with E-state index >= 15 is 0 Å². The van der Waals surface area contributed by atoms with Gasteiger partial charge in [-0.3, -0.25) is 4.68 Å². The van der Waals surface area contributed by atoms with Crippen LogP contribution in [0.15, 0.2) is 6.20 Å². The van der Waals surface area contributed by atoms with Gasteiger partial charge in [0.1, 0.15) is 5.60 Å². The largest absolute Gasteiger partial charge is 0.444 e. The molecule has 2 N–H and O–H groups in total. The summed E-state index contributed by atoms with van der Waals surface area (Å²) < 4.78 is 31.7. The molecule has 8 heteroatoms. The maximum Gasteiger partial charge on any atom is 0.410 e. The molecule has 0 spiro atoms. The second kappa shape index (κ2) is 4.92. The smallest absolute Gasteiger partial charge is 0.410 e. The number of rotatable bonds is 2. The van der Waals surface area contributed by atoms with Crippen LogP contribution in [0.5, 0.6) is 0 Å². The molecular formula is C12H18F2N4O2. The molecule has 6 nitrogen and oxygen atoms in total. The highest BCUT2D eigenvalue weighted by atomic mass is 19.3. The van der Waals surface area contributed by atoms with E-state index in [1.807, 2.05) is 0 Å². The van der Waals surface area contributed by atoms with Crippen molar-refractivity contribution in [2.45, 2.75) is 38.8 Å². The molecule has 0 saturated carbocycles. The molecule has 1 aromatic rings. The maximum atomic E-state index is 12.6. The number of carbonyl (C=O) groups is 1. The SMILES string of the molecule is CC(C)(C)OC(=O)N1CC(n2cc(N)c(C(F)F)n2)C1. The van der Waals surface area contributed by atoms with Gasteiger partial charge in [0.2, 0.25) is 0 Å². The first-order valence-electron chi connectivity index (χ1n) is 6.28. The van der Waals surface area contributed by atoms with E-state index in [1.165, 1.54) is 15.8 Å². The van der Waals surface area contributed by atoms with Crippen LogP contribution in [0.2, 0.25) is 0 Å². The van der Waals surface area contributed by atoms with Crippen molar-refractivity contribution in [3.05, 3.63) is 11.9 Å². The molecule has 0 atom stereocenters. The van der Waals surface area contributed by atoms with Gasteiger partial charge in [-0.2, -0.15) is 5.10 Å². The van der Waals surface area contributed by atoms with E-state index < -0.39 is 23.8 Å². The average Bonchev–Trinajstić information content (AvgIpc) is 2.54. The molecule has 112 valence electrons. The van der Waals surface area contributed by atoms with E-state index in [2.05, 4.69) is 5.10 Å². The number of halogens is 2. The number of anilines is 1. The number of nitrogens with two attached hydrogens (primary N) is 1. The Hall–Kier alpha value is -1.86. The van der Waals surface area contributed by atoms with Crippen molar-refractivity contribution in [3.8, 4) is 0 Å². The molecule has 2 rings (SSSR count). The summed E-state index contributed by atoms with van der Waals surface area (Å²) in [5.74, 6) is 0. The van der Waals surface area contributed by atoms with E-state index in [-0.39, 0.29) is 11.7 Å². The molecule has 0 aromatic carbocycles. The van der Waals surface area contributed by atoms with Crippen molar-refractivity contribution in [3.63, 3.8) is 0 Å². The Balaban J connectivity index is 1.93. The van der Waals surface area contributed by atoms with Gasteiger partial charge in [0.05, 0.1) is 11.7 Å². The van der Waals surface area contributed by atoms with Crippen LogP contribution in [-0.4, -0.2) is 39.5 Å². The van der Waals surface area contributed by atoms with Crippen LogP contribution in [0.1, 0.15) is 38.9 Å². The lowest BCUT2D eigenvalue weighted by Crippen LogP contribution is -2.52. The Morgan fingerprint density at radius 2 is 2.10 bits per heavy atom. The Bertz CT molecular complexity index is 504. The highest BCUT2D eigenvalue weighted by molar-refractivity contribution is 5.69. The Labute approximate surface area is 115 Å². The van der Waals surface area contributed by atoms with Gasteiger partial charge in [-0.1, -0.05) is 0 Å². The second-order valence-electron chi connectivity index (χ2n) is 5.79. The van der Waals surface area contributed by atoms with Crippen LogP contribution >= 0.6 is 0 Å². The van der Waals surface area contributed by atoms with Crippen LogP contribution in [0.3, 0.4) is 0 Å². The summed E-state index contributed by atoms with van der Waals surface area (Å²) in [6.45, 7) is 6.10. The van der Waals surface area contributed by atoms with Crippen LogP contribution < -0.4 is 5.73 Å².